The van der Waals surface area contributed by atoms with Gasteiger partial charge >= 0.3 is 0 Å². The third kappa shape index (κ3) is 3.47. The average molecular weight is 298 g/mol. The van der Waals surface area contributed by atoms with E-state index in [2.05, 4.69) is 53.2 Å². The number of aromatic nitrogens is 1. The molecule has 3 aromatic rings. The molecule has 0 radical (unpaired) electrons. The number of rotatable bonds is 6. The lowest BCUT2D eigenvalue weighted by atomic mass is 10.1. The molecular weight excluding hydrogens is 280 g/mol. The minimum atomic E-state index is 0.725. The van der Waals surface area contributed by atoms with Crippen LogP contribution in [0, 0.1) is 0 Å². The van der Waals surface area contributed by atoms with Gasteiger partial charge in [-0.25, -0.2) is 4.98 Å². The van der Waals surface area contributed by atoms with E-state index in [4.69, 9.17) is 9.72 Å². The lowest BCUT2D eigenvalue weighted by molar-refractivity contribution is 0.199. The average Bonchev–Trinajstić information content (AvgIpc) is 3.00. The van der Waals surface area contributed by atoms with Crippen LogP contribution < -0.4 is 5.32 Å². The van der Waals surface area contributed by atoms with E-state index in [0.717, 1.165) is 30.4 Å². The zero-order valence-corrected chi connectivity index (χ0v) is 12.8. The Morgan fingerprint density at radius 3 is 2.86 bits per heavy atom. The molecule has 108 valence electrons. The van der Waals surface area contributed by atoms with Crippen molar-refractivity contribution in [3.8, 4) is 11.3 Å². The number of benzene rings is 2. The van der Waals surface area contributed by atoms with Crippen LogP contribution in [0.4, 0.5) is 0 Å². The molecule has 3 rings (SSSR count). The molecule has 1 N–H and O–H groups in total. The summed E-state index contributed by atoms with van der Waals surface area (Å²) in [4.78, 5) is 4.70. The molecule has 0 bridgehead atoms. The standard InChI is InChI=1S/C17H18N2OS/c1-20-9-8-18-11-17-19-16(12-21-17)15-7-6-13-4-2-3-5-14(13)10-15/h2-7,10,12,18H,8-9,11H2,1H3. The second-order valence-electron chi connectivity index (χ2n) is 4.86. The molecule has 1 heterocycles. The summed E-state index contributed by atoms with van der Waals surface area (Å²) >= 11 is 1.69. The van der Waals surface area contributed by atoms with Crippen LogP contribution in [-0.4, -0.2) is 25.2 Å². The van der Waals surface area contributed by atoms with Crippen molar-refractivity contribution in [2.24, 2.45) is 0 Å². The highest BCUT2D eigenvalue weighted by molar-refractivity contribution is 7.09. The smallest absolute Gasteiger partial charge is 0.107 e. The van der Waals surface area contributed by atoms with E-state index in [1.54, 1.807) is 18.4 Å². The van der Waals surface area contributed by atoms with Gasteiger partial charge in [0, 0.05) is 31.1 Å². The van der Waals surface area contributed by atoms with Gasteiger partial charge in [-0.05, 0) is 16.8 Å². The summed E-state index contributed by atoms with van der Waals surface area (Å²) in [7, 11) is 1.71. The van der Waals surface area contributed by atoms with Crippen LogP contribution >= 0.6 is 11.3 Å². The Labute approximate surface area is 128 Å². The molecule has 2 aromatic carbocycles. The molecule has 0 saturated heterocycles. The van der Waals surface area contributed by atoms with Gasteiger partial charge in [-0.15, -0.1) is 11.3 Å². The maximum Gasteiger partial charge on any atom is 0.107 e. The fourth-order valence-corrected chi connectivity index (χ4v) is 3.02. The van der Waals surface area contributed by atoms with Crippen LogP contribution in [0.3, 0.4) is 0 Å². The number of methoxy groups -OCH3 is 1. The van der Waals surface area contributed by atoms with Crippen molar-refractivity contribution in [3.63, 3.8) is 0 Å². The summed E-state index contributed by atoms with van der Waals surface area (Å²) in [6, 6.07) is 14.9. The van der Waals surface area contributed by atoms with Gasteiger partial charge in [-0.2, -0.15) is 0 Å². The Morgan fingerprint density at radius 1 is 1.14 bits per heavy atom. The number of nitrogens with one attached hydrogen (secondary N) is 1. The van der Waals surface area contributed by atoms with Gasteiger partial charge in [0.1, 0.15) is 5.01 Å². The van der Waals surface area contributed by atoms with E-state index >= 15 is 0 Å². The lowest BCUT2D eigenvalue weighted by Gasteiger charge is -2.02. The first-order valence-corrected chi connectivity index (χ1v) is 7.88. The molecule has 0 saturated carbocycles. The van der Waals surface area contributed by atoms with E-state index in [1.165, 1.54) is 16.3 Å². The molecule has 0 fully saturated rings. The normalized spacial score (nSPS) is 11.1. The van der Waals surface area contributed by atoms with Crippen molar-refractivity contribution in [2.45, 2.75) is 6.54 Å². The van der Waals surface area contributed by atoms with E-state index in [0.29, 0.717) is 0 Å². The molecule has 0 aliphatic heterocycles. The number of hydrogen-bond acceptors (Lipinski definition) is 4. The van der Waals surface area contributed by atoms with Crippen molar-refractivity contribution in [1.29, 1.82) is 0 Å². The zero-order valence-electron chi connectivity index (χ0n) is 12.0. The predicted molar refractivity (Wildman–Crippen MR) is 88.6 cm³/mol. The van der Waals surface area contributed by atoms with E-state index in [1.807, 2.05) is 0 Å². The topological polar surface area (TPSA) is 34.1 Å². The fraction of sp³-hybridized carbons (Fsp3) is 0.235. The molecule has 0 atom stereocenters. The lowest BCUT2D eigenvalue weighted by Crippen LogP contribution is -2.18. The Morgan fingerprint density at radius 2 is 2.00 bits per heavy atom. The molecule has 21 heavy (non-hydrogen) atoms. The molecule has 3 nitrogen and oxygen atoms in total. The second kappa shape index (κ2) is 6.80. The predicted octanol–water partition coefficient (Wildman–Crippen LogP) is 3.70. The zero-order chi connectivity index (χ0) is 14.5. The first kappa shape index (κ1) is 14.2. The minimum Gasteiger partial charge on any atom is -0.383 e. The summed E-state index contributed by atoms with van der Waals surface area (Å²) in [5, 5.41) is 9.06. The number of nitrogens with zero attached hydrogens (tertiary/aromatic N) is 1. The molecule has 0 spiro atoms. The summed E-state index contributed by atoms with van der Waals surface area (Å²) in [5.41, 5.74) is 2.22. The van der Waals surface area contributed by atoms with Gasteiger partial charge in [0.2, 0.25) is 0 Å². The highest BCUT2D eigenvalue weighted by atomic mass is 32.1. The van der Waals surface area contributed by atoms with Crippen LogP contribution in [0.1, 0.15) is 5.01 Å². The number of hydrogen-bond donors (Lipinski definition) is 1. The van der Waals surface area contributed by atoms with Gasteiger partial charge in [0.05, 0.1) is 12.3 Å². The highest BCUT2D eigenvalue weighted by Gasteiger charge is 2.05. The molecule has 1 aromatic heterocycles. The van der Waals surface area contributed by atoms with E-state index < -0.39 is 0 Å². The number of thiazole rings is 1. The van der Waals surface area contributed by atoms with E-state index in [-0.39, 0.29) is 0 Å². The summed E-state index contributed by atoms with van der Waals surface area (Å²) in [6.45, 7) is 2.37. The Balaban J connectivity index is 1.75. The maximum atomic E-state index is 5.02. The Bertz CT molecular complexity index is 723. The summed E-state index contributed by atoms with van der Waals surface area (Å²) in [6.07, 6.45) is 0. The Hall–Kier alpha value is -1.75. The molecular formula is C17H18N2OS. The van der Waals surface area contributed by atoms with Crippen molar-refractivity contribution >= 4 is 22.1 Å². The Kier molecular flexibility index (Phi) is 4.60. The molecule has 0 unspecified atom stereocenters. The SMILES string of the molecule is COCCNCc1nc(-c2ccc3ccccc3c2)cs1. The van der Waals surface area contributed by atoms with Crippen molar-refractivity contribution in [1.82, 2.24) is 10.3 Å². The van der Waals surface area contributed by atoms with Gasteiger partial charge < -0.3 is 10.1 Å². The summed E-state index contributed by atoms with van der Waals surface area (Å²) in [5.74, 6) is 0. The molecule has 0 aliphatic rings. The summed E-state index contributed by atoms with van der Waals surface area (Å²) < 4.78 is 5.02. The van der Waals surface area contributed by atoms with Crippen molar-refractivity contribution in [2.75, 3.05) is 20.3 Å². The number of fused-ring (bicyclic) bond motifs is 1. The van der Waals surface area contributed by atoms with Crippen molar-refractivity contribution in [3.05, 3.63) is 52.9 Å². The molecule has 4 heteroatoms. The van der Waals surface area contributed by atoms with Crippen LogP contribution in [-0.2, 0) is 11.3 Å². The van der Waals surface area contributed by atoms with Gasteiger partial charge in [-0.3, -0.25) is 0 Å². The number of ether oxygens (including phenoxy) is 1. The van der Waals surface area contributed by atoms with Crippen LogP contribution in [0.25, 0.3) is 22.0 Å². The minimum absolute atomic E-state index is 0.725. The monoisotopic (exact) mass is 298 g/mol. The maximum absolute atomic E-state index is 5.02. The largest absolute Gasteiger partial charge is 0.383 e. The van der Waals surface area contributed by atoms with Crippen LogP contribution in [0.2, 0.25) is 0 Å². The van der Waals surface area contributed by atoms with Gasteiger partial charge in [-0.1, -0.05) is 36.4 Å². The third-order valence-corrected chi connectivity index (χ3v) is 4.20. The molecule has 0 amide bonds. The second-order valence-corrected chi connectivity index (χ2v) is 5.80. The molecule has 0 aliphatic carbocycles. The third-order valence-electron chi connectivity index (χ3n) is 3.36. The first-order chi connectivity index (χ1) is 10.4. The first-order valence-electron chi connectivity index (χ1n) is 7.00. The van der Waals surface area contributed by atoms with E-state index in [9.17, 15) is 0 Å². The highest BCUT2D eigenvalue weighted by Crippen LogP contribution is 2.25. The van der Waals surface area contributed by atoms with Crippen LogP contribution in [0.15, 0.2) is 47.8 Å². The van der Waals surface area contributed by atoms with Gasteiger partial charge in [0.15, 0.2) is 0 Å². The van der Waals surface area contributed by atoms with Crippen LogP contribution in [0.5, 0.6) is 0 Å². The van der Waals surface area contributed by atoms with Gasteiger partial charge in [0.25, 0.3) is 0 Å². The fourth-order valence-electron chi connectivity index (χ4n) is 2.24. The quantitative estimate of drug-likeness (QED) is 0.705. The van der Waals surface area contributed by atoms with Crippen molar-refractivity contribution < 1.29 is 4.74 Å².